The summed E-state index contributed by atoms with van der Waals surface area (Å²) in [7, 11) is 0. The maximum Gasteiger partial charge on any atom is 0.335 e. The molecule has 0 atom stereocenters. The van der Waals surface area contributed by atoms with Gasteiger partial charge < -0.3 is 15.7 Å². The van der Waals surface area contributed by atoms with Crippen LogP contribution in [0.2, 0.25) is 0 Å². The molecule has 4 N–H and O–H groups in total. The van der Waals surface area contributed by atoms with E-state index in [9.17, 15) is 4.79 Å². The van der Waals surface area contributed by atoms with E-state index in [1.54, 1.807) is 12.4 Å². The predicted molar refractivity (Wildman–Crippen MR) is 70.2 cm³/mol. The minimum absolute atomic E-state index is 0. The van der Waals surface area contributed by atoms with Crippen molar-refractivity contribution in [3.05, 3.63) is 53.6 Å². The largest absolute Gasteiger partial charge is 0.508 e. The Kier molecular flexibility index (Phi) is 6.77. The van der Waals surface area contributed by atoms with Crippen LogP contribution >= 0.6 is 0 Å². The highest BCUT2D eigenvalue weighted by Crippen LogP contribution is 2.08. The maximum atomic E-state index is 10.2. The highest BCUT2D eigenvalue weighted by Gasteiger charge is 1.99. The summed E-state index contributed by atoms with van der Waals surface area (Å²) in [6.07, 6.45) is 3.39. The number of aromatic hydroxyl groups is 1. The topological polar surface area (TPSA) is 115 Å². The molecule has 6 nitrogen and oxygen atoms in total. The van der Waals surface area contributed by atoms with Gasteiger partial charge in [0.2, 0.25) is 0 Å². The van der Waals surface area contributed by atoms with E-state index in [4.69, 9.17) is 10.2 Å². The fraction of sp³-hybridized carbons (Fsp3) is 0.154. The van der Waals surface area contributed by atoms with Gasteiger partial charge in [-0.15, -0.1) is 0 Å². The summed E-state index contributed by atoms with van der Waals surface area (Å²) >= 11 is 0. The highest BCUT2D eigenvalue weighted by molar-refractivity contribution is 5.87. The molecule has 0 saturated heterocycles. The normalized spacial score (nSPS) is 8.74. The van der Waals surface area contributed by atoms with E-state index in [2.05, 4.69) is 9.97 Å². The lowest BCUT2D eigenvalue weighted by Crippen LogP contribution is -1.93. The van der Waals surface area contributed by atoms with Crippen molar-refractivity contribution in [3.63, 3.8) is 0 Å². The Morgan fingerprint density at radius 3 is 1.74 bits per heavy atom. The van der Waals surface area contributed by atoms with Crippen molar-refractivity contribution in [2.24, 2.45) is 0 Å². The van der Waals surface area contributed by atoms with Gasteiger partial charge in [0.05, 0.1) is 17.0 Å². The number of phenols is 1. The molecule has 1 aromatic carbocycles. The molecule has 2 aromatic rings. The molecule has 19 heavy (non-hydrogen) atoms. The zero-order valence-corrected chi connectivity index (χ0v) is 10.7. The van der Waals surface area contributed by atoms with E-state index < -0.39 is 5.97 Å². The summed E-state index contributed by atoms with van der Waals surface area (Å²) in [6.45, 7) is 3.89. The van der Waals surface area contributed by atoms with Crippen molar-refractivity contribution in [1.29, 1.82) is 0 Å². The second-order valence-corrected chi connectivity index (χ2v) is 3.58. The number of nitrogens with zero attached hydrogens (tertiary/aromatic N) is 2. The quantitative estimate of drug-likeness (QED) is 0.806. The van der Waals surface area contributed by atoms with E-state index in [1.807, 2.05) is 13.8 Å². The van der Waals surface area contributed by atoms with Crippen molar-refractivity contribution in [2.45, 2.75) is 13.8 Å². The third-order valence-corrected chi connectivity index (χ3v) is 2.24. The van der Waals surface area contributed by atoms with Crippen molar-refractivity contribution < 1.29 is 20.5 Å². The van der Waals surface area contributed by atoms with Crippen LogP contribution in [-0.2, 0) is 0 Å². The van der Waals surface area contributed by atoms with Gasteiger partial charge in [0.25, 0.3) is 0 Å². The van der Waals surface area contributed by atoms with E-state index in [0.717, 1.165) is 11.4 Å². The molecule has 0 aliphatic carbocycles. The van der Waals surface area contributed by atoms with Gasteiger partial charge in [0, 0.05) is 12.4 Å². The van der Waals surface area contributed by atoms with Gasteiger partial charge in [0.15, 0.2) is 0 Å². The lowest BCUT2D eigenvalue weighted by atomic mass is 10.2. The van der Waals surface area contributed by atoms with Crippen LogP contribution in [0.1, 0.15) is 21.7 Å². The van der Waals surface area contributed by atoms with Gasteiger partial charge >= 0.3 is 5.97 Å². The zero-order valence-electron chi connectivity index (χ0n) is 10.7. The Balaban J connectivity index is 0.000000331. The molecule has 0 aliphatic rings. The average molecular weight is 264 g/mol. The van der Waals surface area contributed by atoms with E-state index in [-0.39, 0.29) is 16.8 Å². The Labute approximate surface area is 110 Å². The van der Waals surface area contributed by atoms with E-state index in [0.29, 0.717) is 0 Å². The van der Waals surface area contributed by atoms with Crippen LogP contribution in [0, 0.1) is 13.8 Å². The number of aryl methyl sites for hydroxylation is 2. The maximum absolute atomic E-state index is 10.2. The first-order valence-electron chi connectivity index (χ1n) is 5.27. The lowest BCUT2D eigenvalue weighted by molar-refractivity contribution is 0.0697. The first-order chi connectivity index (χ1) is 8.50. The molecule has 0 aliphatic heterocycles. The number of hydrogen-bond donors (Lipinski definition) is 2. The molecule has 0 fully saturated rings. The van der Waals surface area contributed by atoms with Gasteiger partial charge in [-0.25, -0.2) is 4.79 Å². The van der Waals surface area contributed by atoms with Gasteiger partial charge in [-0.1, -0.05) is 0 Å². The van der Waals surface area contributed by atoms with Gasteiger partial charge in [-0.3, -0.25) is 9.97 Å². The molecule has 6 heteroatoms. The van der Waals surface area contributed by atoms with Gasteiger partial charge in [-0.2, -0.15) is 0 Å². The number of carbonyl (C=O) groups is 1. The molecule has 102 valence electrons. The van der Waals surface area contributed by atoms with E-state index in [1.165, 1.54) is 24.3 Å². The minimum atomic E-state index is -0.986. The van der Waals surface area contributed by atoms with Crippen LogP contribution in [-0.4, -0.2) is 31.6 Å². The average Bonchev–Trinajstić information content (AvgIpc) is 2.34. The second-order valence-electron chi connectivity index (χ2n) is 3.58. The Hall–Kier alpha value is -2.47. The molecular weight excluding hydrogens is 248 g/mol. The van der Waals surface area contributed by atoms with Crippen LogP contribution in [0.3, 0.4) is 0 Å². The molecule has 0 radical (unpaired) electrons. The van der Waals surface area contributed by atoms with Crippen molar-refractivity contribution in [1.82, 2.24) is 9.97 Å². The summed E-state index contributed by atoms with van der Waals surface area (Å²) in [6, 6.07) is 5.36. The summed E-state index contributed by atoms with van der Waals surface area (Å²) in [5, 5.41) is 17.1. The number of carboxylic acid groups (broad SMARTS) is 1. The van der Waals surface area contributed by atoms with Gasteiger partial charge in [0.1, 0.15) is 5.75 Å². The molecule has 0 unspecified atom stereocenters. The third-order valence-electron chi connectivity index (χ3n) is 2.24. The van der Waals surface area contributed by atoms with Crippen LogP contribution in [0.15, 0.2) is 36.7 Å². The first-order valence-corrected chi connectivity index (χ1v) is 5.27. The Morgan fingerprint density at radius 1 is 1.00 bits per heavy atom. The third kappa shape index (κ3) is 5.60. The van der Waals surface area contributed by atoms with Crippen LogP contribution in [0.4, 0.5) is 0 Å². The fourth-order valence-corrected chi connectivity index (χ4v) is 1.08. The molecule has 1 aromatic heterocycles. The highest BCUT2D eigenvalue weighted by atomic mass is 16.4. The first kappa shape index (κ1) is 16.5. The summed E-state index contributed by atoms with van der Waals surface area (Å²) in [5.41, 5.74) is 2.19. The molecule has 0 spiro atoms. The van der Waals surface area contributed by atoms with Crippen LogP contribution < -0.4 is 0 Å². The lowest BCUT2D eigenvalue weighted by Gasteiger charge is -1.92. The van der Waals surface area contributed by atoms with Crippen LogP contribution in [0.5, 0.6) is 5.75 Å². The van der Waals surface area contributed by atoms with Gasteiger partial charge in [-0.05, 0) is 38.1 Å². The number of aromatic nitrogens is 2. The van der Waals surface area contributed by atoms with Crippen molar-refractivity contribution in [3.8, 4) is 5.75 Å². The van der Waals surface area contributed by atoms with Crippen molar-refractivity contribution >= 4 is 5.97 Å². The molecule has 0 saturated carbocycles. The fourth-order valence-electron chi connectivity index (χ4n) is 1.08. The molecule has 0 bridgehead atoms. The monoisotopic (exact) mass is 264 g/mol. The smallest absolute Gasteiger partial charge is 0.335 e. The zero-order chi connectivity index (χ0) is 13.5. The SMILES string of the molecule is Cc1nccnc1C.O.O=C(O)c1ccc(O)cc1. The molecule has 1 heterocycles. The molecule has 2 rings (SSSR count). The van der Waals surface area contributed by atoms with Crippen molar-refractivity contribution in [2.75, 3.05) is 0 Å². The number of hydrogen-bond acceptors (Lipinski definition) is 4. The number of benzene rings is 1. The van der Waals surface area contributed by atoms with E-state index >= 15 is 0 Å². The summed E-state index contributed by atoms with van der Waals surface area (Å²) in [4.78, 5) is 18.3. The summed E-state index contributed by atoms with van der Waals surface area (Å²) < 4.78 is 0. The van der Waals surface area contributed by atoms with Crippen LogP contribution in [0.25, 0.3) is 0 Å². The summed E-state index contributed by atoms with van der Waals surface area (Å²) in [5.74, 6) is -0.912. The number of carboxylic acids is 1. The standard InChI is InChI=1S/C7H6O3.C6H8N2.H2O/c8-6-3-1-5(2-4-6)7(9)10;1-5-6(2)8-4-3-7-5;/h1-4,8H,(H,9,10);3-4H,1-2H3;1H2. The molecule has 0 amide bonds. The Morgan fingerprint density at radius 2 is 1.42 bits per heavy atom. The predicted octanol–water partition coefficient (Wildman–Crippen LogP) is 1.36. The minimum Gasteiger partial charge on any atom is -0.508 e. The second kappa shape index (κ2) is 7.78. The number of aromatic carboxylic acids is 1. The number of phenolic OH excluding ortho intramolecular Hbond substituents is 1. The molecular formula is C13H16N2O4. The Bertz CT molecular complexity index is 505. The number of rotatable bonds is 1.